The first-order valence-corrected chi connectivity index (χ1v) is 4.78. The molecule has 80 valence electrons. The van der Waals surface area contributed by atoms with Crippen molar-refractivity contribution in [1.82, 2.24) is 0 Å². The van der Waals surface area contributed by atoms with Crippen molar-refractivity contribution in [3.05, 3.63) is 70.7 Å². The fourth-order valence-corrected chi connectivity index (χ4v) is 0.985. The van der Waals surface area contributed by atoms with Gasteiger partial charge in [-0.15, -0.1) is 23.2 Å². The second-order valence-electron chi connectivity index (χ2n) is 2.44. The van der Waals surface area contributed by atoms with Gasteiger partial charge in [-0.1, -0.05) is 10.0 Å². The van der Waals surface area contributed by atoms with Gasteiger partial charge < -0.3 is 0 Å². The van der Waals surface area contributed by atoms with E-state index in [0.29, 0.717) is 0 Å². The second kappa shape index (κ2) is 8.97. The summed E-state index contributed by atoms with van der Waals surface area (Å²) >= 11 is 11.0. The maximum atomic E-state index is 5.52. The average Bonchev–Trinajstić information content (AvgIpc) is 2.21. The summed E-state index contributed by atoms with van der Waals surface area (Å²) < 4.78 is 0. The smallest absolute Gasteiger partial charge is 0.184 e. The average molecular weight is 418 g/mol. The van der Waals surface area contributed by atoms with Gasteiger partial charge in [-0.3, -0.25) is 0 Å². The predicted octanol–water partition coefficient (Wildman–Crippen LogP) is 4.28. The van der Waals surface area contributed by atoms with Gasteiger partial charge in [0.25, 0.3) is 0 Å². The fraction of sp³-hybridized carbons (Fsp3) is 0. The summed E-state index contributed by atoms with van der Waals surface area (Å²) in [6.07, 6.45) is 0. The molecule has 0 nitrogen and oxygen atoms in total. The fourth-order valence-electron chi connectivity index (χ4n) is 0.733. The molecule has 2 aromatic rings. The van der Waals surface area contributed by atoms with Gasteiger partial charge in [0.15, 0.2) is 0 Å². The van der Waals surface area contributed by atoms with Gasteiger partial charge in [0.1, 0.15) is 0 Å². The molecule has 0 spiro atoms. The third kappa shape index (κ3) is 7.62. The van der Waals surface area contributed by atoms with Crippen LogP contribution in [0, 0.1) is 12.1 Å². The molecule has 0 fully saturated rings. The Bertz CT molecular complexity index is 311. The van der Waals surface area contributed by atoms with Crippen molar-refractivity contribution in [3.63, 3.8) is 0 Å². The zero-order chi connectivity index (χ0) is 10.2. The first-order valence-electron chi connectivity index (χ1n) is 4.02. The molecule has 0 saturated carbocycles. The number of benzene rings is 2. The van der Waals surface area contributed by atoms with Crippen molar-refractivity contribution in [2.75, 3.05) is 0 Å². The molecule has 0 radical (unpaired) electrons. The van der Waals surface area contributed by atoms with Crippen molar-refractivity contribution in [3.8, 4) is 0 Å². The summed E-state index contributed by atoms with van der Waals surface area (Å²) in [6.45, 7) is 0. The first kappa shape index (κ1) is 14.7. The monoisotopic (exact) mass is 417 g/mol. The van der Waals surface area contributed by atoms with Crippen LogP contribution < -0.4 is 0 Å². The van der Waals surface area contributed by atoms with Gasteiger partial charge in [-0.25, -0.2) is 0 Å². The van der Waals surface area contributed by atoms with E-state index in [9.17, 15) is 0 Å². The summed E-state index contributed by atoms with van der Waals surface area (Å²) in [4.78, 5) is 0. The van der Waals surface area contributed by atoms with E-state index in [-0.39, 0.29) is 21.1 Å². The van der Waals surface area contributed by atoms with Gasteiger partial charge in [-0.2, -0.15) is 60.7 Å². The molecule has 0 bridgehead atoms. The van der Waals surface area contributed by atoms with Crippen LogP contribution in [0.5, 0.6) is 0 Å². The van der Waals surface area contributed by atoms with Gasteiger partial charge in [-0.05, 0) is 0 Å². The summed E-state index contributed by atoms with van der Waals surface area (Å²) in [5.41, 5.74) is 0. The molecule has 0 aliphatic carbocycles. The summed E-state index contributed by atoms with van der Waals surface area (Å²) in [6, 6.07) is 20.0. The molecule has 0 amide bonds. The van der Waals surface area contributed by atoms with E-state index < -0.39 is 0 Å². The maximum Gasteiger partial charge on any atom is 2.00 e. The van der Waals surface area contributed by atoms with E-state index >= 15 is 0 Å². The van der Waals surface area contributed by atoms with Crippen molar-refractivity contribution in [2.45, 2.75) is 0 Å². The Labute approximate surface area is 114 Å². The molecule has 0 aliphatic heterocycles. The zero-order valence-electron chi connectivity index (χ0n) is 7.69. The van der Waals surface area contributed by atoms with Gasteiger partial charge in [0.2, 0.25) is 0 Å². The van der Waals surface area contributed by atoms with Crippen LogP contribution >= 0.6 is 23.2 Å². The normalized spacial score (nSPS) is 8.13. The van der Waals surface area contributed by atoms with Crippen LogP contribution in [-0.2, 0) is 21.1 Å². The summed E-state index contributed by atoms with van der Waals surface area (Å²) in [5, 5.41) is 1.53. The van der Waals surface area contributed by atoms with Crippen molar-refractivity contribution in [2.24, 2.45) is 0 Å². The molecular weight excluding hydrogens is 410 g/mol. The molecule has 0 aromatic heterocycles. The van der Waals surface area contributed by atoms with Crippen molar-refractivity contribution in [1.29, 1.82) is 0 Å². The maximum absolute atomic E-state index is 5.52. The Morgan fingerprint density at radius 1 is 0.667 bits per heavy atom. The topological polar surface area (TPSA) is 0 Å². The van der Waals surface area contributed by atoms with Gasteiger partial charge >= 0.3 is 21.1 Å². The Balaban J connectivity index is 0.000000245. The molecule has 0 atom stereocenters. The number of hydrogen-bond acceptors (Lipinski definition) is 0. The van der Waals surface area contributed by atoms with Crippen LogP contribution in [0.2, 0.25) is 10.0 Å². The number of halogens is 2. The molecular formula is C12H8Cl2Pt. The molecule has 0 saturated heterocycles. The van der Waals surface area contributed by atoms with Crippen molar-refractivity contribution >= 4 is 23.2 Å². The van der Waals surface area contributed by atoms with Gasteiger partial charge in [0.05, 0.1) is 0 Å². The molecule has 0 N–H and O–H groups in total. The van der Waals surface area contributed by atoms with E-state index in [4.69, 9.17) is 23.2 Å². The molecule has 0 aliphatic rings. The van der Waals surface area contributed by atoms with E-state index in [0.717, 1.165) is 10.0 Å². The van der Waals surface area contributed by atoms with E-state index in [2.05, 4.69) is 12.1 Å². The minimum absolute atomic E-state index is 0. The Kier molecular flexibility index (Phi) is 8.80. The third-order valence-corrected chi connectivity index (χ3v) is 1.86. The molecule has 15 heavy (non-hydrogen) atoms. The van der Waals surface area contributed by atoms with E-state index in [1.165, 1.54) is 0 Å². The van der Waals surface area contributed by atoms with E-state index in [1.54, 1.807) is 48.5 Å². The quantitative estimate of drug-likeness (QED) is 0.561. The van der Waals surface area contributed by atoms with Crippen LogP contribution in [0.4, 0.5) is 0 Å². The van der Waals surface area contributed by atoms with Crippen LogP contribution in [0.1, 0.15) is 0 Å². The minimum atomic E-state index is 0. The van der Waals surface area contributed by atoms with Crippen molar-refractivity contribution < 1.29 is 21.1 Å². The molecule has 2 aromatic carbocycles. The molecule has 3 heteroatoms. The largest absolute Gasteiger partial charge is 2.00 e. The van der Waals surface area contributed by atoms with Crippen LogP contribution in [0.25, 0.3) is 0 Å². The molecule has 0 heterocycles. The summed E-state index contributed by atoms with van der Waals surface area (Å²) in [7, 11) is 0. The standard InChI is InChI=1S/2C6H4Cl.Pt/c2*7-6-4-2-1-3-5-6;/h2*2-5H;/q2*-1;+2. The third-order valence-electron chi connectivity index (χ3n) is 1.36. The zero-order valence-corrected chi connectivity index (χ0v) is 11.5. The molecule has 0 unspecified atom stereocenters. The number of hydrogen-bond donors (Lipinski definition) is 0. The SMILES string of the molecule is Clc1cc[c-]cc1.Clc1cc[c-]cc1.[Pt+2]. The van der Waals surface area contributed by atoms with Gasteiger partial charge in [0, 0.05) is 0 Å². The van der Waals surface area contributed by atoms with E-state index in [1.807, 2.05) is 0 Å². The Morgan fingerprint density at radius 2 is 0.933 bits per heavy atom. The van der Waals surface area contributed by atoms with Crippen LogP contribution in [-0.4, -0.2) is 0 Å². The first-order chi connectivity index (χ1) is 6.79. The van der Waals surface area contributed by atoms with Crippen LogP contribution in [0.3, 0.4) is 0 Å². The number of rotatable bonds is 0. The minimum Gasteiger partial charge on any atom is -0.184 e. The van der Waals surface area contributed by atoms with Crippen LogP contribution in [0.15, 0.2) is 48.5 Å². The molecule has 2 rings (SSSR count). The Hall–Kier alpha value is -0.292. The predicted molar refractivity (Wildman–Crippen MR) is 60.6 cm³/mol. The summed E-state index contributed by atoms with van der Waals surface area (Å²) in [5.74, 6) is 0. The Morgan fingerprint density at radius 3 is 1.07 bits per heavy atom. The second-order valence-corrected chi connectivity index (χ2v) is 3.31.